The Morgan fingerprint density at radius 3 is 2.84 bits per heavy atom. The monoisotopic (exact) mass is 535 g/mol. The van der Waals surface area contributed by atoms with Gasteiger partial charge in [0.05, 0.1) is 5.02 Å². The van der Waals surface area contributed by atoms with Gasteiger partial charge in [-0.25, -0.2) is 0 Å². The molecular weight excluding hydrogens is 506 g/mol. The number of hydrogen-bond donors (Lipinski definition) is 2. The van der Waals surface area contributed by atoms with Gasteiger partial charge in [0.1, 0.15) is 35.1 Å². The van der Waals surface area contributed by atoms with E-state index in [9.17, 15) is 4.79 Å². The van der Waals surface area contributed by atoms with Crippen molar-refractivity contribution < 1.29 is 18.7 Å². The van der Waals surface area contributed by atoms with Crippen molar-refractivity contribution in [2.75, 3.05) is 25.5 Å². The molecule has 10 heteroatoms. The number of nitrogens with zero attached hydrogens (tertiary/aromatic N) is 3. The largest absolute Gasteiger partial charge is 0.490 e. The van der Waals surface area contributed by atoms with Gasteiger partial charge in [0.15, 0.2) is 5.58 Å². The molecule has 5 rings (SSSR count). The highest BCUT2D eigenvalue weighted by atomic mass is 35.5. The van der Waals surface area contributed by atoms with Gasteiger partial charge in [-0.1, -0.05) is 11.6 Å². The molecule has 1 aliphatic heterocycles. The number of fused-ring (bicyclic) bond motifs is 1. The third kappa shape index (κ3) is 5.84. The van der Waals surface area contributed by atoms with Crippen molar-refractivity contribution in [3.8, 4) is 17.2 Å². The summed E-state index contributed by atoms with van der Waals surface area (Å²) >= 11 is 6.42. The summed E-state index contributed by atoms with van der Waals surface area (Å²) in [6, 6.07) is 15.3. The number of amides is 1. The highest BCUT2D eigenvalue weighted by molar-refractivity contribution is 6.32. The van der Waals surface area contributed by atoms with Crippen LogP contribution in [0, 0.1) is 0 Å². The van der Waals surface area contributed by atoms with Crippen molar-refractivity contribution in [1.82, 2.24) is 20.2 Å². The van der Waals surface area contributed by atoms with Crippen LogP contribution < -0.4 is 20.1 Å². The van der Waals surface area contributed by atoms with E-state index in [2.05, 4.69) is 39.3 Å². The van der Waals surface area contributed by atoms with E-state index in [0.717, 1.165) is 18.7 Å². The first-order valence-corrected chi connectivity index (χ1v) is 13.0. The Morgan fingerprint density at radius 1 is 1.18 bits per heavy atom. The van der Waals surface area contributed by atoms with Crippen LogP contribution in [0.1, 0.15) is 37.2 Å². The number of ether oxygens (including phenoxy) is 2. The molecule has 4 aromatic rings. The molecule has 1 amide bonds. The number of pyridine rings is 1. The van der Waals surface area contributed by atoms with E-state index in [0.29, 0.717) is 58.1 Å². The van der Waals surface area contributed by atoms with Crippen LogP contribution in [0.4, 0.5) is 11.7 Å². The minimum absolute atomic E-state index is 0.269. The van der Waals surface area contributed by atoms with Gasteiger partial charge in [-0.15, -0.1) is 0 Å². The predicted octanol–water partition coefficient (Wildman–Crippen LogP) is 6.02. The van der Waals surface area contributed by atoms with Gasteiger partial charge < -0.3 is 24.5 Å². The zero-order chi connectivity index (χ0) is 26.6. The van der Waals surface area contributed by atoms with E-state index in [1.807, 2.05) is 12.1 Å². The van der Waals surface area contributed by atoms with Crippen LogP contribution in [0.25, 0.3) is 11.1 Å². The van der Waals surface area contributed by atoms with Crippen molar-refractivity contribution >= 4 is 40.3 Å². The number of benzene rings is 2. The number of hydrogen-bond acceptors (Lipinski definition) is 8. The highest BCUT2D eigenvalue weighted by Gasteiger charge is 2.27. The number of aromatic nitrogens is 2. The third-order valence-electron chi connectivity index (χ3n) is 6.49. The summed E-state index contributed by atoms with van der Waals surface area (Å²) in [7, 11) is 1.55. The van der Waals surface area contributed by atoms with Crippen LogP contribution in [0.15, 0.2) is 59.1 Å². The first kappa shape index (κ1) is 25.8. The fraction of sp³-hybridized carbons (Fsp3) is 0.321. The Kier molecular flexibility index (Phi) is 7.67. The molecule has 1 fully saturated rings. The van der Waals surface area contributed by atoms with E-state index in [-0.39, 0.29) is 11.6 Å². The number of anilines is 2. The number of likely N-dealkylation sites (tertiary alicyclic amines) is 1. The second kappa shape index (κ2) is 11.3. The lowest BCUT2D eigenvalue weighted by Crippen LogP contribution is -2.39. The topological polar surface area (TPSA) is 102 Å². The van der Waals surface area contributed by atoms with Crippen molar-refractivity contribution in [1.29, 1.82) is 0 Å². The number of halogens is 1. The Balaban J connectivity index is 1.27. The van der Waals surface area contributed by atoms with Gasteiger partial charge in [-0.3, -0.25) is 14.7 Å². The SMILES string of the molecule is CNC(=O)c1cc(Oc2ccc3oc(Nc4ccc(Cl)c(OCC5CCCN5C(C)C)c4)nc3c2)ccn1. The maximum Gasteiger partial charge on any atom is 0.300 e. The van der Waals surface area contributed by atoms with Crippen LogP contribution in [0.2, 0.25) is 5.02 Å². The molecule has 1 unspecified atom stereocenters. The summed E-state index contributed by atoms with van der Waals surface area (Å²) in [5.41, 5.74) is 2.23. The van der Waals surface area contributed by atoms with Gasteiger partial charge in [0.2, 0.25) is 0 Å². The van der Waals surface area contributed by atoms with Crippen molar-refractivity contribution in [2.24, 2.45) is 0 Å². The fourth-order valence-electron chi connectivity index (χ4n) is 4.61. The summed E-state index contributed by atoms with van der Waals surface area (Å²) in [5.74, 6) is 1.37. The van der Waals surface area contributed by atoms with Gasteiger partial charge in [-0.2, -0.15) is 4.98 Å². The molecule has 0 aliphatic carbocycles. The normalized spacial score (nSPS) is 15.7. The van der Waals surface area contributed by atoms with Gasteiger partial charge in [0, 0.05) is 49.2 Å². The molecular formula is C28H30ClN5O4. The van der Waals surface area contributed by atoms with E-state index in [1.54, 1.807) is 43.4 Å². The standard InChI is InChI=1S/C28H30ClN5O4/c1-17(2)34-12-4-5-19(34)16-36-26-13-18(6-8-22(26)29)32-28-33-23-14-20(7-9-25(23)38-28)37-21-10-11-31-24(15-21)27(35)30-3/h6-11,13-15,17,19H,4-5,12,16H2,1-3H3,(H,30,35)(H,32,33). The Morgan fingerprint density at radius 2 is 2.03 bits per heavy atom. The average molecular weight is 536 g/mol. The molecule has 198 valence electrons. The van der Waals surface area contributed by atoms with E-state index < -0.39 is 0 Å². The van der Waals surface area contributed by atoms with Gasteiger partial charge in [-0.05, 0) is 63.6 Å². The summed E-state index contributed by atoms with van der Waals surface area (Å²) in [6.07, 6.45) is 3.83. The first-order chi connectivity index (χ1) is 18.4. The maximum absolute atomic E-state index is 11.8. The molecule has 0 saturated carbocycles. The van der Waals surface area contributed by atoms with Crippen LogP contribution in [0.5, 0.6) is 17.2 Å². The molecule has 0 radical (unpaired) electrons. The third-order valence-corrected chi connectivity index (χ3v) is 6.80. The van der Waals surface area contributed by atoms with E-state index >= 15 is 0 Å². The molecule has 2 N–H and O–H groups in total. The van der Waals surface area contributed by atoms with Gasteiger partial charge >= 0.3 is 0 Å². The maximum atomic E-state index is 11.8. The molecule has 0 bridgehead atoms. The molecule has 2 aromatic heterocycles. The quantitative estimate of drug-likeness (QED) is 0.268. The lowest BCUT2D eigenvalue weighted by molar-refractivity contribution is 0.0958. The van der Waals surface area contributed by atoms with E-state index in [1.165, 1.54) is 12.6 Å². The number of rotatable bonds is 9. The summed E-state index contributed by atoms with van der Waals surface area (Å²) in [5, 5.41) is 6.29. The number of carbonyl (C=O) groups excluding carboxylic acids is 1. The molecule has 3 heterocycles. The molecule has 38 heavy (non-hydrogen) atoms. The Bertz CT molecular complexity index is 1440. The van der Waals surface area contributed by atoms with E-state index in [4.69, 9.17) is 25.5 Å². The summed E-state index contributed by atoms with van der Waals surface area (Å²) < 4.78 is 17.9. The number of oxazole rings is 1. The number of nitrogens with one attached hydrogen (secondary N) is 2. The lowest BCUT2D eigenvalue weighted by atomic mass is 10.2. The number of carbonyl (C=O) groups is 1. The lowest BCUT2D eigenvalue weighted by Gasteiger charge is -2.28. The Labute approximate surface area is 226 Å². The van der Waals surface area contributed by atoms with Crippen LogP contribution >= 0.6 is 11.6 Å². The molecule has 1 saturated heterocycles. The summed E-state index contributed by atoms with van der Waals surface area (Å²) in [6.45, 7) is 6.13. The Hall–Kier alpha value is -3.82. The average Bonchev–Trinajstić information content (AvgIpc) is 3.55. The van der Waals surface area contributed by atoms with Crippen molar-refractivity contribution in [2.45, 2.75) is 38.8 Å². The summed E-state index contributed by atoms with van der Waals surface area (Å²) in [4.78, 5) is 22.9. The van der Waals surface area contributed by atoms with Crippen molar-refractivity contribution in [3.05, 3.63) is 65.4 Å². The second-order valence-corrected chi connectivity index (χ2v) is 9.82. The molecule has 1 aliphatic rings. The second-order valence-electron chi connectivity index (χ2n) is 9.42. The van der Waals surface area contributed by atoms with Gasteiger partial charge in [0.25, 0.3) is 11.9 Å². The highest BCUT2D eigenvalue weighted by Crippen LogP contribution is 2.32. The fourth-order valence-corrected chi connectivity index (χ4v) is 4.78. The van der Waals surface area contributed by atoms with Crippen LogP contribution in [-0.2, 0) is 0 Å². The minimum Gasteiger partial charge on any atom is -0.490 e. The first-order valence-electron chi connectivity index (χ1n) is 12.6. The molecule has 1 atom stereocenters. The molecule has 9 nitrogen and oxygen atoms in total. The zero-order valence-electron chi connectivity index (χ0n) is 21.5. The smallest absolute Gasteiger partial charge is 0.300 e. The minimum atomic E-state index is -0.287. The molecule has 0 spiro atoms. The van der Waals surface area contributed by atoms with Crippen LogP contribution in [-0.4, -0.2) is 53.1 Å². The molecule has 2 aromatic carbocycles. The van der Waals surface area contributed by atoms with Crippen molar-refractivity contribution in [3.63, 3.8) is 0 Å². The van der Waals surface area contributed by atoms with Crippen LogP contribution in [0.3, 0.4) is 0 Å². The predicted molar refractivity (Wildman–Crippen MR) is 147 cm³/mol. The zero-order valence-corrected chi connectivity index (χ0v) is 22.3.